The highest BCUT2D eigenvalue weighted by Gasteiger charge is 2.23. The Kier molecular flexibility index (Phi) is 5.79. The minimum Gasteiger partial charge on any atom is -0.381 e. The van der Waals surface area contributed by atoms with Crippen LogP contribution >= 0.6 is 11.8 Å². The standard InChI is InChI=1S/C13H24N2O2S/c1-17-11-4-8-15(9-5-11)13(16)10-18-12-2-6-14-7-3-12/h11-12,14H,2-10H2,1H3. The third-order valence-corrected chi connectivity index (χ3v) is 5.21. The van der Waals surface area contributed by atoms with Gasteiger partial charge in [-0.25, -0.2) is 0 Å². The van der Waals surface area contributed by atoms with Gasteiger partial charge in [0.1, 0.15) is 0 Å². The van der Waals surface area contributed by atoms with Crippen LogP contribution in [0.1, 0.15) is 25.7 Å². The fourth-order valence-electron chi connectivity index (χ4n) is 2.58. The lowest BCUT2D eigenvalue weighted by atomic mass is 10.1. The Bertz CT molecular complexity index is 262. The quantitative estimate of drug-likeness (QED) is 0.832. The summed E-state index contributed by atoms with van der Waals surface area (Å²) in [5.74, 6) is 0.968. The zero-order chi connectivity index (χ0) is 12.8. The Morgan fingerprint density at radius 3 is 2.56 bits per heavy atom. The number of carbonyl (C=O) groups excluding carboxylic acids is 1. The van der Waals surface area contributed by atoms with Crippen molar-refractivity contribution in [2.45, 2.75) is 37.0 Å². The summed E-state index contributed by atoms with van der Waals surface area (Å²) in [7, 11) is 1.76. The number of amides is 1. The summed E-state index contributed by atoms with van der Waals surface area (Å²) in [4.78, 5) is 14.1. The molecule has 2 aliphatic rings. The number of carbonyl (C=O) groups is 1. The molecule has 5 heteroatoms. The molecule has 0 unspecified atom stereocenters. The van der Waals surface area contributed by atoms with Crippen molar-refractivity contribution in [3.8, 4) is 0 Å². The summed E-state index contributed by atoms with van der Waals surface area (Å²) >= 11 is 1.84. The molecule has 0 radical (unpaired) electrons. The average Bonchev–Trinajstić information content (AvgIpc) is 2.46. The van der Waals surface area contributed by atoms with Gasteiger partial charge in [0.25, 0.3) is 0 Å². The molecule has 2 heterocycles. The van der Waals surface area contributed by atoms with Crippen molar-refractivity contribution in [3.05, 3.63) is 0 Å². The van der Waals surface area contributed by atoms with E-state index in [-0.39, 0.29) is 0 Å². The van der Waals surface area contributed by atoms with Gasteiger partial charge in [-0.1, -0.05) is 0 Å². The first kappa shape index (κ1) is 14.2. The third kappa shape index (κ3) is 4.14. The largest absolute Gasteiger partial charge is 0.381 e. The number of likely N-dealkylation sites (tertiary alicyclic amines) is 1. The normalized spacial score (nSPS) is 23.3. The maximum absolute atomic E-state index is 12.1. The Balaban J connectivity index is 1.65. The van der Waals surface area contributed by atoms with Gasteiger partial charge in [0.05, 0.1) is 11.9 Å². The number of thioether (sulfide) groups is 1. The molecule has 0 aromatic rings. The molecule has 2 rings (SSSR count). The van der Waals surface area contributed by atoms with Crippen LogP contribution in [-0.2, 0) is 9.53 Å². The number of rotatable bonds is 4. The molecule has 0 aromatic carbocycles. The lowest BCUT2D eigenvalue weighted by molar-refractivity contribution is -0.130. The van der Waals surface area contributed by atoms with Gasteiger partial charge in [-0.05, 0) is 38.8 Å². The molecule has 2 aliphatic heterocycles. The van der Waals surface area contributed by atoms with E-state index in [1.807, 2.05) is 16.7 Å². The molecular formula is C13H24N2O2S. The first-order chi connectivity index (χ1) is 8.79. The Hall–Kier alpha value is -0.260. The van der Waals surface area contributed by atoms with Crippen molar-refractivity contribution in [3.63, 3.8) is 0 Å². The molecule has 0 atom stereocenters. The summed E-state index contributed by atoms with van der Waals surface area (Å²) < 4.78 is 5.32. The van der Waals surface area contributed by atoms with Gasteiger partial charge in [-0.2, -0.15) is 0 Å². The molecular weight excluding hydrogens is 248 g/mol. The fraction of sp³-hybridized carbons (Fsp3) is 0.923. The third-order valence-electron chi connectivity index (χ3n) is 3.86. The van der Waals surface area contributed by atoms with Crippen molar-refractivity contribution < 1.29 is 9.53 Å². The summed E-state index contributed by atoms with van der Waals surface area (Å²) in [6.45, 7) is 3.93. The topological polar surface area (TPSA) is 41.6 Å². The molecule has 0 bridgehead atoms. The van der Waals surface area contributed by atoms with E-state index < -0.39 is 0 Å². The highest BCUT2D eigenvalue weighted by molar-refractivity contribution is 8.00. The molecule has 0 aliphatic carbocycles. The number of nitrogens with one attached hydrogen (secondary N) is 1. The van der Waals surface area contributed by atoms with Gasteiger partial charge in [0, 0.05) is 25.4 Å². The molecule has 2 saturated heterocycles. The summed E-state index contributed by atoms with van der Waals surface area (Å²) in [6.07, 6.45) is 4.72. The van der Waals surface area contributed by atoms with E-state index >= 15 is 0 Å². The zero-order valence-corrected chi connectivity index (χ0v) is 12.0. The van der Waals surface area contributed by atoms with Crippen molar-refractivity contribution in [1.82, 2.24) is 10.2 Å². The lowest BCUT2D eigenvalue weighted by Crippen LogP contribution is -2.41. The molecule has 1 amide bonds. The Morgan fingerprint density at radius 2 is 1.94 bits per heavy atom. The smallest absolute Gasteiger partial charge is 0.232 e. The monoisotopic (exact) mass is 272 g/mol. The first-order valence-corrected chi connectivity index (χ1v) is 7.97. The van der Waals surface area contributed by atoms with E-state index in [0.717, 1.165) is 39.0 Å². The SMILES string of the molecule is COC1CCN(C(=O)CSC2CCNCC2)CC1. The van der Waals surface area contributed by atoms with E-state index in [4.69, 9.17) is 4.74 Å². The van der Waals surface area contributed by atoms with E-state index in [0.29, 0.717) is 23.0 Å². The minimum absolute atomic E-state index is 0.313. The highest BCUT2D eigenvalue weighted by Crippen LogP contribution is 2.21. The van der Waals surface area contributed by atoms with Crippen LogP contribution in [0.25, 0.3) is 0 Å². The second-order valence-electron chi connectivity index (χ2n) is 5.08. The molecule has 104 valence electrons. The second-order valence-corrected chi connectivity index (χ2v) is 6.36. The van der Waals surface area contributed by atoms with Crippen molar-refractivity contribution in [1.29, 1.82) is 0 Å². The van der Waals surface area contributed by atoms with Crippen LogP contribution in [0.4, 0.5) is 0 Å². The van der Waals surface area contributed by atoms with Crippen molar-refractivity contribution >= 4 is 17.7 Å². The van der Waals surface area contributed by atoms with Gasteiger partial charge in [-0.15, -0.1) is 11.8 Å². The lowest BCUT2D eigenvalue weighted by Gasteiger charge is -2.31. The summed E-state index contributed by atoms with van der Waals surface area (Å²) in [6, 6.07) is 0. The zero-order valence-electron chi connectivity index (χ0n) is 11.2. The van der Waals surface area contributed by atoms with Crippen LogP contribution in [0.5, 0.6) is 0 Å². The van der Waals surface area contributed by atoms with Crippen LogP contribution in [-0.4, -0.2) is 61.2 Å². The molecule has 0 spiro atoms. The van der Waals surface area contributed by atoms with Crippen LogP contribution < -0.4 is 5.32 Å². The van der Waals surface area contributed by atoms with Gasteiger partial charge < -0.3 is 15.0 Å². The number of hydrogen-bond donors (Lipinski definition) is 1. The predicted octanol–water partition coefficient (Wildman–Crippen LogP) is 1.11. The summed E-state index contributed by atoms with van der Waals surface area (Å²) in [5.41, 5.74) is 0. The number of ether oxygens (including phenoxy) is 1. The second kappa shape index (κ2) is 7.36. The number of hydrogen-bond acceptors (Lipinski definition) is 4. The molecule has 2 fully saturated rings. The van der Waals surface area contributed by atoms with E-state index in [1.165, 1.54) is 12.8 Å². The van der Waals surface area contributed by atoms with Crippen LogP contribution in [0.2, 0.25) is 0 Å². The van der Waals surface area contributed by atoms with E-state index in [9.17, 15) is 4.79 Å². The Morgan fingerprint density at radius 1 is 1.28 bits per heavy atom. The maximum atomic E-state index is 12.1. The molecule has 1 N–H and O–H groups in total. The predicted molar refractivity (Wildman–Crippen MR) is 75.0 cm³/mol. The molecule has 0 saturated carbocycles. The summed E-state index contributed by atoms with van der Waals surface area (Å²) in [5, 5.41) is 4.03. The van der Waals surface area contributed by atoms with Crippen molar-refractivity contribution in [2.24, 2.45) is 0 Å². The first-order valence-electron chi connectivity index (χ1n) is 6.92. The van der Waals surface area contributed by atoms with Crippen molar-refractivity contribution in [2.75, 3.05) is 39.0 Å². The minimum atomic E-state index is 0.313. The van der Waals surface area contributed by atoms with Crippen LogP contribution in [0, 0.1) is 0 Å². The molecule has 18 heavy (non-hydrogen) atoms. The Labute approximate surface area is 114 Å². The number of piperidine rings is 2. The van der Waals surface area contributed by atoms with Crippen LogP contribution in [0.3, 0.4) is 0 Å². The molecule has 4 nitrogen and oxygen atoms in total. The fourth-order valence-corrected chi connectivity index (χ4v) is 3.71. The number of methoxy groups -OCH3 is 1. The van der Waals surface area contributed by atoms with E-state index in [2.05, 4.69) is 5.32 Å². The molecule has 0 aromatic heterocycles. The van der Waals surface area contributed by atoms with Gasteiger partial charge >= 0.3 is 0 Å². The average molecular weight is 272 g/mol. The van der Waals surface area contributed by atoms with Gasteiger partial charge in [0.2, 0.25) is 5.91 Å². The van der Waals surface area contributed by atoms with Gasteiger partial charge in [-0.3, -0.25) is 4.79 Å². The highest BCUT2D eigenvalue weighted by atomic mass is 32.2. The van der Waals surface area contributed by atoms with E-state index in [1.54, 1.807) is 7.11 Å². The van der Waals surface area contributed by atoms with Crippen LogP contribution in [0.15, 0.2) is 0 Å². The number of nitrogens with zero attached hydrogens (tertiary/aromatic N) is 1. The van der Waals surface area contributed by atoms with Gasteiger partial charge in [0.15, 0.2) is 0 Å². The maximum Gasteiger partial charge on any atom is 0.232 e.